The maximum atomic E-state index is 14.3. The molecule has 0 aliphatic carbocycles. The minimum Gasteiger partial charge on any atom is -0.618 e. The Labute approximate surface area is 154 Å². The van der Waals surface area contributed by atoms with Crippen LogP contribution in [0.15, 0.2) is 59.5 Å². The molecule has 0 saturated heterocycles. The highest BCUT2D eigenvalue weighted by molar-refractivity contribution is 5.99. The molecule has 0 aliphatic rings. The molecule has 0 unspecified atom stereocenters. The molecule has 2 aromatic carbocycles. The number of hydrogen-bond acceptors (Lipinski definition) is 2. The van der Waals surface area contributed by atoms with Gasteiger partial charge in [0.25, 0.3) is 5.69 Å². The molecule has 0 aliphatic heterocycles. The highest BCUT2D eigenvalue weighted by Gasteiger charge is 2.25. The minimum absolute atomic E-state index is 0.0508. The molecule has 0 atom stereocenters. The third-order valence-corrected chi connectivity index (χ3v) is 4.34. The summed E-state index contributed by atoms with van der Waals surface area (Å²) in [4.78, 5) is 14.6. The Morgan fingerprint density at radius 3 is 2.25 bits per heavy atom. The summed E-state index contributed by atoms with van der Waals surface area (Å²) >= 11 is 0. The molecular weight excluding hydrogens is 376 g/mol. The number of nitrogens with zero attached hydrogens (tertiary/aromatic N) is 1. The van der Waals surface area contributed by atoms with Gasteiger partial charge in [0.1, 0.15) is 34.3 Å². The van der Waals surface area contributed by atoms with Gasteiger partial charge in [0.05, 0.1) is 0 Å². The summed E-state index contributed by atoms with van der Waals surface area (Å²) < 4.78 is 56.3. The first-order chi connectivity index (χ1) is 13.4. The zero-order valence-electron chi connectivity index (χ0n) is 14.0. The van der Waals surface area contributed by atoms with Crippen molar-refractivity contribution in [1.82, 2.24) is 4.98 Å². The van der Waals surface area contributed by atoms with Crippen LogP contribution in [0.1, 0.15) is 0 Å². The first-order valence-corrected chi connectivity index (χ1v) is 8.06. The van der Waals surface area contributed by atoms with Crippen molar-refractivity contribution in [2.75, 3.05) is 0 Å². The van der Waals surface area contributed by atoms with Gasteiger partial charge in [0.15, 0.2) is 6.20 Å². The van der Waals surface area contributed by atoms with Gasteiger partial charge in [-0.25, -0.2) is 17.6 Å². The van der Waals surface area contributed by atoms with Crippen LogP contribution in [-0.4, -0.2) is 4.98 Å². The molecule has 0 saturated carbocycles. The summed E-state index contributed by atoms with van der Waals surface area (Å²) in [6.07, 6.45) is 0.993. The van der Waals surface area contributed by atoms with Crippen molar-refractivity contribution in [3.8, 4) is 22.4 Å². The number of benzene rings is 2. The molecule has 8 heteroatoms. The molecule has 0 amide bonds. The van der Waals surface area contributed by atoms with Crippen molar-refractivity contribution >= 4 is 10.9 Å². The number of aromatic nitrogens is 2. The maximum absolute atomic E-state index is 14.3. The standard InChI is InChI=1S/C20H10F4N2O2/c21-10-4-5-11(16(24)8-10)13-9-17(27)25-19-12(13)6-7-26(28)20(19)18-14(22)2-1-3-15(18)23/h1-9H,(H,25,27). The lowest BCUT2D eigenvalue weighted by atomic mass is 9.99. The van der Waals surface area contributed by atoms with Gasteiger partial charge in [-0.15, -0.1) is 0 Å². The van der Waals surface area contributed by atoms with Crippen LogP contribution in [-0.2, 0) is 0 Å². The average molecular weight is 386 g/mol. The number of H-pyrrole nitrogens is 1. The van der Waals surface area contributed by atoms with Crippen molar-refractivity contribution in [3.05, 3.63) is 93.6 Å². The second-order valence-corrected chi connectivity index (χ2v) is 6.05. The Balaban J connectivity index is 2.14. The van der Waals surface area contributed by atoms with Gasteiger partial charge in [0, 0.05) is 29.1 Å². The highest BCUT2D eigenvalue weighted by atomic mass is 19.1. The van der Waals surface area contributed by atoms with Gasteiger partial charge in [-0.05, 0) is 29.8 Å². The number of aromatic amines is 1. The topological polar surface area (TPSA) is 59.8 Å². The van der Waals surface area contributed by atoms with Gasteiger partial charge in [0.2, 0.25) is 5.56 Å². The summed E-state index contributed by atoms with van der Waals surface area (Å²) in [6.45, 7) is 0. The summed E-state index contributed by atoms with van der Waals surface area (Å²) in [7, 11) is 0. The number of halogens is 4. The number of fused-ring (bicyclic) bond motifs is 1. The molecule has 1 N–H and O–H groups in total. The van der Waals surface area contributed by atoms with Crippen LogP contribution in [0.5, 0.6) is 0 Å². The Kier molecular flexibility index (Phi) is 4.11. The Hall–Kier alpha value is -3.68. The second kappa shape index (κ2) is 6.49. The molecule has 28 heavy (non-hydrogen) atoms. The lowest BCUT2D eigenvalue weighted by Crippen LogP contribution is -2.30. The molecule has 140 valence electrons. The lowest BCUT2D eigenvalue weighted by molar-refractivity contribution is -0.592. The Morgan fingerprint density at radius 1 is 0.857 bits per heavy atom. The lowest BCUT2D eigenvalue weighted by Gasteiger charge is -2.12. The van der Waals surface area contributed by atoms with Crippen molar-refractivity contribution in [1.29, 1.82) is 0 Å². The molecular formula is C20H10F4N2O2. The minimum atomic E-state index is -1.00. The van der Waals surface area contributed by atoms with E-state index in [4.69, 9.17) is 0 Å². The maximum Gasteiger partial charge on any atom is 0.254 e. The molecule has 0 radical (unpaired) electrons. The molecule has 0 bridgehead atoms. The van der Waals surface area contributed by atoms with E-state index in [-0.39, 0.29) is 26.8 Å². The van der Waals surface area contributed by atoms with E-state index in [0.29, 0.717) is 6.07 Å². The van der Waals surface area contributed by atoms with E-state index in [2.05, 4.69) is 4.98 Å². The van der Waals surface area contributed by atoms with Gasteiger partial charge >= 0.3 is 0 Å². The third kappa shape index (κ3) is 2.79. The monoisotopic (exact) mass is 386 g/mol. The van der Waals surface area contributed by atoms with E-state index in [0.717, 1.165) is 42.6 Å². The zero-order chi connectivity index (χ0) is 20.0. The first-order valence-electron chi connectivity index (χ1n) is 8.06. The van der Waals surface area contributed by atoms with Crippen molar-refractivity contribution in [2.45, 2.75) is 0 Å². The Morgan fingerprint density at radius 2 is 1.57 bits per heavy atom. The van der Waals surface area contributed by atoms with Crippen LogP contribution in [0, 0.1) is 28.5 Å². The Bertz CT molecular complexity index is 1280. The summed E-state index contributed by atoms with van der Waals surface area (Å²) in [6, 6.07) is 8.22. The van der Waals surface area contributed by atoms with Crippen LogP contribution in [0.2, 0.25) is 0 Å². The molecule has 4 nitrogen and oxygen atoms in total. The SMILES string of the molecule is O=c1cc(-c2ccc(F)cc2F)c2cc[n+]([O-])c(-c3c(F)cccc3F)c2[nH]1. The van der Waals surface area contributed by atoms with Crippen LogP contribution >= 0.6 is 0 Å². The summed E-state index contributed by atoms with van der Waals surface area (Å²) in [5.74, 6) is -3.74. The van der Waals surface area contributed by atoms with E-state index in [1.165, 1.54) is 6.07 Å². The normalized spacial score (nSPS) is 11.1. The van der Waals surface area contributed by atoms with Gasteiger partial charge in [-0.1, -0.05) is 6.07 Å². The fraction of sp³-hybridized carbons (Fsp3) is 0. The number of hydrogen-bond donors (Lipinski definition) is 1. The molecule has 4 rings (SSSR count). The van der Waals surface area contributed by atoms with Gasteiger partial charge in [-0.2, -0.15) is 4.73 Å². The highest BCUT2D eigenvalue weighted by Crippen LogP contribution is 2.33. The molecule has 2 heterocycles. The molecule has 2 aromatic heterocycles. The van der Waals surface area contributed by atoms with E-state index >= 15 is 0 Å². The van der Waals surface area contributed by atoms with E-state index in [9.17, 15) is 27.6 Å². The molecule has 0 fully saturated rings. The average Bonchev–Trinajstić information content (AvgIpc) is 2.62. The summed E-state index contributed by atoms with van der Waals surface area (Å²) in [5.41, 5.74) is -2.04. The smallest absolute Gasteiger partial charge is 0.254 e. The van der Waals surface area contributed by atoms with Crippen LogP contribution < -0.4 is 10.3 Å². The van der Waals surface area contributed by atoms with Crippen molar-refractivity contribution in [3.63, 3.8) is 0 Å². The van der Waals surface area contributed by atoms with Crippen LogP contribution in [0.25, 0.3) is 33.3 Å². The molecule has 4 aromatic rings. The quantitative estimate of drug-likeness (QED) is 0.321. The fourth-order valence-electron chi connectivity index (χ4n) is 3.15. The number of rotatable bonds is 2. The fourth-order valence-corrected chi connectivity index (χ4v) is 3.15. The van der Waals surface area contributed by atoms with Gasteiger partial charge < -0.3 is 10.2 Å². The third-order valence-electron chi connectivity index (χ3n) is 4.34. The summed E-state index contributed by atoms with van der Waals surface area (Å²) in [5, 5.41) is 12.5. The molecule has 0 spiro atoms. The predicted octanol–water partition coefficient (Wildman–Crippen LogP) is 4.05. The first kappa shape index (κ1) is 17.7. The van der Waals surface area contributed by atoms with E-state index < -0.39 is 40.1 Å². The zero-order valence-corrected chi connectivity index (χ0v) is 14.0. The second-order valence-electron chi connectivity index (χ2n) is 6.05. The van der Waals surface area contributed by atoms with Gasteiger partial charge in [-0.3, -0.25) is 4.79 Å². The van der Waals surface area contributed by atoms with Crippen LogP contribution in [0.3, 0.4) is 0 Å². The van der Waals surface area contributed by atoms with E-state index in [1.54, 1.807) is 0 Å². The van der Waals surface area contributed by atoms with Crippen molar-refractivity contribution < 1.29 is 22.3 Å². The van der Waals surface area contributed by atoms with Crippen molar-refractivity contribution in [2.24, 2.45) is 0 Å². The number of pyridine rings is 2. The predicted molar refractivity (Wildman–Crippen MR) is 94.2 cm³/mol. The van der Waals surface area contributed by atoms with E-state index in [1.807, 2.05) is 0 Å². The van der Waals surface area contributed by atoms with Crippen LogP contribution in [0.4, 0.5) is 17.6 Å². The number of nitrogens with one attached hydrogen (secondary N) is 1. The largest absolute Gasteiger partial charge is 0.618 e.